The second-order valence-corrected chi connectivity index (χ2v) is 10.0. The Kier molecular flexibility index (Phi) is 9.76. The van der Waals surface area contributed by atoms with E-state index in [-0.39, 0.29) is 23.8 Å². The number of carbonyl (C=O) groups excluding carboxylic acids is 2. The molecule has 5 atom stereocenters. The van der Waals surface area contributed by atoms with Gasteiger partial charge in [-0.1, -0.05) is 39.3 Å². The highest BCUT2D eigenvalue weighted by Crippen LogP contribution is 2.32. The second kappa shape index (κ2) is 11.9. The van der Waals surface area contributed by atoms with Crippen molar-refractivity contribution in [3.05, 3.63) is 35.3 Å². The molecular formula is C26H38FNO6. The Morgan fingerprint density at radius 1 is 1.24 bits per heavy atom. The number of aliphatic hydroxyl groups is 2. The Hall–Kier alpha value is -2.32. The minimum atomic E-state index is -1.35. The maximum Gasteiger partial charge on any atom is 0.309 e. The molecule has 1 aromatic heterocycles. The van der Waals surface area contributed by atoms with Gasteiger partial charge in [0.1, 0.15) is 23.6 Å². The fraction of sp³-hybridized carbons (Fsp3) is 0.654. The van der Waals surface area contributed by atoms with Crippen LogP contribution in [0.2, 0.25) is 0 Å². The van der Waals surface area contributed by atoms with E-state index < -0.39 is 47.9 Å². The number of allylic oxidation sites excluding steroid dienone is 1. The van der Waals surface area contributed by atoms with E-state index in [1.165, 1.54) is 6.26 Å². The van der Waals surface area contributed by atoms with E-state index in [1.807, 2.05) is 19.9 Å². The molecule has 7 nitrogen and oxygen atoms in total. The Balaban J connectivity index is 2.33. The summed E-state index contributed by atoms with van der Waals surface area (Å²) in [7, 11) is 0. The van der Waals surface area contributed by atoms with Crippen LogP contribution in [0.4, 0.5) is 4.39 Å². The number of aliphatic hydroxyl groups excluding tert-OH is 2. The molecule has 1 aliphatic rings. The van der Waals surface area contributed by atoms with Gasteiger partial charge in [0.25, 0.3) is 0 Å². The lowest BCUT2D eigenvalue weighted by Crippen LogP contribution is -2.45. The molecule has 0 aliphatic carbocycles. The third-order valence-electron chi connectivity index (χ3n) is 6.75. The van der Waals surface area contributed by atoms with Crippen LogP contribution in [0.3, 0.4) is 0 Å². The van der Waals surface area contributed by atoms with E-state index in [0.717, 1.165) is 24.5 Å². The molecule has 0 amide bonds. The first-order valence-corrected chi connectivity index (χ1v) is 11.9. The number of esters is 1. The number of Topliss-reactive ketones (excluding diaryl/α,β-unsaturated/α-hetero) is 1. The van der Waals surface area contributed by atoms with Gasteiger partial charge in [0.05, 0.1) is 24.0 Å². The van der Waals surface area contributed by atoms with Crippen molar-refractivity contribution in [2.45, 2.75) is 92.0 Å². The van der Waals surface area contributed by atoms with E-state index in [4.69, 9.17) is 9.15 Å². The average molecular weight is 480 g/mol. The summed E-state index contributed by atoms with van der Waals surface area (Å²) in [6.45, 7) is 10.2. The minimum Gasteiger partial charge on any atom is -0.455 e. The van der Waals surface area contributed by atoms with Gasteiger partial charge in [-0.3, -0.25) is 9.59 Å². The normalized spacial score (nSPS) is 32.1. The van der Waals surface area contributed by atoms with E-state index in [0.29, 0.717) is 12.3 Å². The lowest BCUT2D eigenvalue weighted by Gasteiger charge is -2.34. The average Bonchev–Trinajstić information content (AvgIpc) is 3.18. The highest BCUT2D eigenvalue weighted by Gasteiger charge is 2.42. The Bertz CT molecular complexity index is 918. The quantitative estimate of drug-likeness (QED) is 0.467. The monoisotopic (exact) mass is 479 g/mol. The first-order valence-electron chi connectivity index (χ1n) is 11.9. The van der Waals surface area contributed by atoms with Crippen LogP contribution >= 0.6 is 0 Å². The SMILES string of the molecule is C/C1=C/C[C@@H](C(F)=Cc2coc(C)n2)OC(=O)C[C@H](O)C(C)(C)C(=O)[C@H](C)[C@@H](O)[C@@H](C)CCC1. The number of aromatic nitrogens is 1. The van der Waals surface area contributed by atoms with Crippen molar-refractivity contribution in [3.63, 3.8) is 0 Å². The first-order chi connectivity index (χ1) is 15.8. The number of nitrogens with zero attached hydrogens (tertiary/aromatic N) is 1. The highest BCUT2D eigenvalue weighted by molar-refractivity contribution is 5.88. The summed E-state index contributed by atoms with van der Waals surface area (Å²) in [5.74, 6) is -2.29. The number of cyclic esters (lactones) is 1. The summed E-state index contributed by atoms with van der Waals surface area (Å²) in [6, 6.07) is 0. The van der Waals surface area contributed by atoms with E-state index in [1.54, 1.807) is 27.7 Å². The van der Waals surface area contributed by atoms with Gasteiger partial charge in [-0.05, 0) is 32.1 Å². The number of hydrogen-bond acceptors (Lipinski definition) is 7. The number of ether oxygens (including phenoxy) is 1. The van der Waals surface area contributed by atoms with Crippen LogP contribution in [0.5, 0.6) is 0 Å². The third kappa shape index (κ3) is 7.34. The zero-order valence-electron chi connectivity index (χ0n) is 21.0. The topological polar surface area (TPSA) is 110 Å². The molecule has 0 saturated carbocycles. The van der Waals surface area contributed by atoms with Crippen molar-refractivity contribution >= 4 is 17.8 Å². The van der Waals surface area contributed by atoms with Crippen molar-refractivity contribution in [2.75, 3.05) is 0 Å². The van der Waals surface area contributed by atoms with Crippen molar-refractivity contribution in [2.24, 2.45) is 17.3 Å². The molecule has 0 saturated heterocycles. The summed E-state index contributed by atoms with van der Waals surface area (Å²) in [6.07, 6.45) is 2.76. The molecule has 1 aliphatic heterocycles. The van der Waals surface area contributed by atoms with Gasteiger partial charge >= 0.3 is 5.97 Å². The van der Waals surface area contributed by atoms with Gasteiger partial charge in [-0.15, -0.1) is 0 Å². The summed E-state index contributed by atoms with van der Waals surface area (Å²) in [5, 5.41) is 21.4. The third-order valence-corrected chi connectivity index (χ3v) is 6.75. The van der Waals surface area contributed by atoms with Gasteiger partial charge in [-0.2, -0.15) is 0 Å². The van der Waals surface area contributed by atoms with Gasteiger partial charge in [0.15, 0.2) is 12.0 Å². The molecule has 2 N–H and O–H groups in total. The number of halogens is 1. The number of ketones is 1. The van der Waals surface area contributed by atoms with Gasteiger partial charge in [0.2, 0.25) is 0 Å². The van der Waals surface area contributed by atoms with Crippen LogP contribution in [-0.2, 0) is 14.3 Å². The maximum absolute atomic E-state index is 15.1. The number of aryl methyl sites for hydroxylation is 1. The Morgan fingerprint density at radius 3 is 2.53 bits per heavy atom. The minimum absolute atomic E-state index is 0.114. The predicted molar refractivity (Wildman–Crippen MR) is 126 cm³/mol. The highest BCUT2D eigenvalue weighted by atomic mass is 19.1. The largest absolute Gasteiger partial charge is 0.455 e. The fourth-order valence-corrected chi connectivity index (χ4v) is 4.20. The van der Waals surface area contributed by atoms with Crippen molar-refractivity contribution in [1.29, 1.82) is 0 Å². The molecular weight excluding hydrogens is 441 g/mol. The van der Waals surface area contributed by atoms with Crippen LogP contribution in [-0.4, -0.2) is 45.3 Å². The molecule has 1 aromatic rings. The molecule has 0 spiro atoms. The molecule has 190 valence electrons. The first kappa shape index (κ1) is 27.9. The van der Waals surface area contributed by atoms with Crippen LogP contribution in [0.1, 0.15) is 78.3 Å². The molecule has 0 fully saturated rings. The predicted octanol–water partition coefficient (Wildman–Crippen LogP) is 4.70. The van der Waals surface area contributed by atoms with E-state index >= 15 is 4.39 Å². The smallest absolute Gasteiger partial charge is 0.309 e. The number of hydrogen-bond donors (Lipinski definition) is 2. The lowest BCUT2D eigenvalue weighted by atomic mass is 9.73. The number of oxazole rings is 1. The zero-order valence-corrected chi connectivity index (χ0v) is 21.0. The molecule has 2 rings (SSSR count). The van der Waals surface area contributed by atoms with Crippen LogP contribution < -0.4 is 0 Å². The second-order valence-electron chi connectivity index (χ2n) is 10.0. The molecule has 2 heterocycles. The van der Waals surface area contributed by atoms with E-state index in [9.17, 15) is 19.8 Å². The Labute approximate surface area is 201 Å². The molecule has 34 heavy (non-hydrogen) atoms. The molecule has 0 aromatic carbocycles. The summed E-state index contributed by atoms with van der Waals surface area (Å²) in [4.78, 5) is 29.8. The zero-order chi connectivity index (χ0) is 25.6. The van der Waals surface area contributed by atoms with Crippen LogP contribution in [0, 0.1) is 24.2 Å². The van der Waals surface area contributed by atoms with E-state index in [2.05, 4.69) is 4.98 Å². The van der Waals surface area contributed by atoms with Gasteiger partial charge < -0.3 is 19.4 Å². The van der Waals surface area contributed by atoms with Crippen molar-refractivity contribution in [3.8, 4) is 0 Å². The molecule has 0 bridgehead atoms. The van der Waals surface area contributed by atoms with Crippen LogP contribution in [0.25, 0.3) is 6.08 Å². The molecule has 0 unspecified atom stereocenters. The van der Waals surface area contributed by atoms with Crippen molar-refractivity contribution < 1.29 is 33.3 Å². The van der Waals surface area contributed by atoms with Crippen molar-refractivity contribution in [1.82, 2.24) is 4.98 Å². The maximum atomic E-state index is 15.1. The standard InChI is InChI=1S/C26H38FNO6/c1-15-8-7-9-16(2)24(31)17(3)25(32)26(5,6)22(29)13-23(30)34-21(11-10-15)20(27)12-19-14-33-18(4)28-19/h10,12,14,16-17,21-22,24,29,31H,7-9,11,13H2,1-6H3/b15-10-,20-12?/t16-,17+,21-,22-,24-/m0/s1. The van der Waals surface area contributed by atoms with Gasteiger partial charge in [0, 0.05) is 25.3 Å². The Morgan fingerprint density at radius 2 is 1.91 bits per heavy atom. The number of rotatable bonds is 2. The fourth-order valence-electron chi connectivity index (χ4n) is 4.20. The van der Waals surface area contributed by atoms with Crippen LogP contribution in [0.15, 0.2) is 28.2 Å². The summed E-state index contributed by atoms with van der Waals surface area (Å²) >= 11 is 0. The summed E-state index contributed by atoms with van der Waals surface area (Å²) < 4.78 is 25.6. The number of carbonyl (C=O) groups is 2. The molecule has 8 heteroatoms. The van der Waals surface area contributed by atoms with Gasteiger partial charge in [-0.25, -0.2) is 9.37 Å². The molecule has 0 radical (unpaired) electrons. The lowest BCUT2D eigenvalue weighted by molar-refractivity contribution is -0.154. The summed E-state index contributed by atoms with van der Waals surface area (Å²) in [5.41, 5.74) is -0.0214.